The summed E-state index contributed by atoms with van der Waals surface area (Å²) in [6, 6.07) is 5.91. The third-order valence-corrected chi connectivity index (χ3v) is 5.72. The summed E-state index contributed by atoms with van der Waals surface area (Å²) in [6.45, 7) is 9.80. The van der Waals surface area contributed by atoms with Gasteiger partial charge in [0, 0.05) is 29.8 Å². The van der Waals surface area contributed by atoms with E-state index in [4.69, 9.17) is 25.0 Å². The Morgan fingerprint density at radius 3 is 2.59 bits per heavy atom. The Morgan fingerprint density at radius 1 is 1.29 bits per heavy atom. The van der Waals surface area contributed by atoms with Crippen molar-refractivity contribution in [2.45, 2.75) is 24.9 Å². The highest BCUT2D eigenvalue weighted by atomic mass is 32.2. The van der Waals surface area contributed by atoms with Gasteiger partial charge in [0.05, 0.1) is 24.2 Å². The minimum atomic E-state index is -0.419. The van der Waals surface area contributed by atoms with Crippen molar-refractivity contribution in [2.24, 2.45) is 5.73 Å². The average Bonchev–Trinajstić information content (AvgIpc) is 3.29. The zero-order valence-corrected chi connectivity index (χ0v) is 20.5. The lowest BCUT2D eigenvalue weighted by Gasteiger charge is -2.19. The minimum absolute atomic E-state index is 0.0847. The van der Waals surface area contributed by atoms with Crippen LogP contribution >= 0.6 is 11.8 Å². The quantitative estimate of drug-likeness (QED) is 0.375. The van der Waals surface area contributed by atoms with Crippen LogP contribution in [-0.4, -0.2) is 38.7 Å². The van der Waals surface area contributed by atoms with Crippen molar-refractivity contribution in [3.8, 4) is 11.5 Å². The Hall–Kier alpha value is -3.56. The van der Waals surface area contributed by atoms with Crippen molar-refractivity contribution in [1.29, 1.82) is 0 Å². The molecule has 0 radical (unpaired) electrons. The maximum absolute atomic E-state index is 10.9. The molecule has 2 aliphatic rings. The number of thioether (sulfide) groups is 1. The van der Waals surface area contributed by atoms with Crippen molar-refractivity contribution < 1.29 is 23.8 Å². The molecule has 0 saturated carbocycles. The maximum Gasteiger partial charge on any atom is 0.337 e. The van der Waals surface area contributed by atoms with Crippen molar-refractivity contribution in [1.82, 2.24) is 10.3 Å². The molecule has 1 aromatic heterocycles. The molecule has 8 nitrogen and oxygen atoms in total. The molecule has 0 spiro atoms. The number of benzene rings is 1. The number of nitrogens with zero attached hydrogens (tertiary/aromatic N) is 1. The Labute approximate surface area is 203 Å². The number of carbonyl (C=O) groups is 2. The molecule has 180 valence electrons. The maximum atomic E-state index is 10.9. The number of ether oxygens (including phenoxy) is 3. The molecular formula is C25H29N3O5S. The second-order valence-electron chi connectivity index (χ2n) is 7.05. The van der Waals surface area contributed by atoms with E-state index in [9.17, 15) is 4.79 Å². The van der Waals surface area contributed by atoms with Gasteiger partial charge in [-0.3, -0.25) is 0 Å². The summed E-state index contributed by atoms with van der Waals surface area (Å²) in [6.07, 6.45) is 7.40. The number of aromatic nitrogens is 1. The lowest BCUT2D eigenvalue weighted by Crippen LogP contribution is -2.12. The molecule has 1 atom stereocenters. The molecule has 0 aliphatic carbocycles. The van der Waals surface area contributed by atoms with Crippen molar-refractivity contribution in [3.05, 3.63) is 70.8 Å². The van der Waals surface area contributed by atoms with Crippen LogP contribution in [0.2, 0.25) is 0 Å². The molecule has 3 N–H and O–H groups in total. The van der Waals surface area contributed by atoms with E-state index >= 15 is 0 Å². The molecular weight excluding hydrogens is 454 g/mol. The molecule has 0 bridgehead atoms. The van der Waals surface area contributed by atoms with Crippen LogP contribution in [0.5, 0.6) is 11.5 Å². The predicted molar refractivity (Wildman–Crippen MR) is 135 cm³/mol. The monoisotopic (exact) mass is 483 g/mol. The van der Waals surface area contributed by atoms with Crippen LogP contribution in [0.1, 0.15) is 25.5 Å². The number of hydrogen-bond donors (Lipinski definition) is 2. The number of nitrogens with one attached hydrogen (secondary N) is 1. The zero-order valence-electron chi connectivity index (χ0n) is 19.7. The second-order valence-corrected chi connectivity index (χ2v) is 8.29. The normalized spacial score (nSPS) is 15.9. The van der Waals surface area contributed by atoms with E-state index in [1.165, 1.54) is 12.0 Å². The summed E-state index contributed by atoms with van der Waals surface area (Å²) in [7, 11) is 3.10. The van der Waals surface area contributed by atoms with Crippen molar-refractivity contribution >= 4 is 35.4 Å². The van der Waals surface area contributed by atoms with E-state index in [2.05, 4.69) is 35.7 Å². The fourth-order valence-electron chi connectivity index (χ4n) is 3.17. The highest BCUT2D eigenvalue weighted by Gasteiger charge is 2.21. The van der Waals surface area contributed by atoms with Crippen LogP contribution in [0.4, 0.5) is 0 Å². The molecule has 0 fully saturated rings. The van der Waals surface area contributed by atoms with Crippen LogP contribution in [0.15, 0.2) is 70.3 Å². The molecule has 0 amide bonds. The number of hydrogen-bond acceptors (Lipinski definition) is 9. The van der Waals surface area contributed by atoms with E-state index in [0.29, 0.717) is 5.57 Å². The van der Waals surface area contributed by atoms with Gasteiger partial charge >= 0.3 is 5.97 Å². The first-order valence-electron chi connectivity index (χ1n) is 10.3. The third-order valence-electron chi connectivity index (χ3n) is 4.75. The highest BCUT2D eigenvalue weighted by molar-refractivity contribution is 8.03. The van der Waals surface area contributed by atoms with Gasteiger partial charge in [0.2, 0.25) is 6.79 Å². The molecule has 1 aromatic carbocycles. The summed E-state index contributed by atoms with van der Waals surface area (Å²) in [5.74, 6) is 1.12. The van der Waals surface area contributed by atoms with Gasteiger partial charge < -0.3 is 30.1 Å². The van der Waals surface area contributed by atoms with Crippen molar-refractivity contribution in [2.75, 3.05) is 21.0 Å². The van der Waals surface area contributed by atoms with Gasteiger partial charge in [0.15, 0.2) is 11.5 Å². The van der Waals surface area contributed by atoms with E-state index in [1.54, 1.807) is 24.9 Å². The van der Waals surface area contributed by atoms with E-state index in [0.717, 1.165) is 38.7 Å². The summed E-state index contributed by atoms with van der Waals surface area (Å²) in [5, 5.41) is 4.94. The summed E-state index contributed by atoms with van der Waals surface area (Å²) < 4.78 is 15.3. The van der Waals surface area contributed by atoms with Crippen LogP contribution < -0.4 is 20.5 Å². The number of fused-ring (bicyclic) bond motifs is 3. The van der Waals surface area contributed by atoms with Gasteiger partial charge in [-0.05, 0) is 43.0 Å². The number of carbonyl (C=O) groups excluding carboxylic acids is 2. The lowest BCUT2D eigenvalue weighted by molar-refractivity contribution is -0.135. The minimum Gasteiger partial charge on any atom is -0.465 e. The van der Waals surface area contributed by atoms with Crippen LogP contribution in [0.25, 0.3) is 10.9 Å². The summed E-state index contributed by atoms with van der Waals surface area (Å²) in [4.78, 5) is 24.8. The molecule has 34 heavy (non-hydrogen) atoms. The third kappa shape index (κ3) is 6.49. The summed E-state index contributed by atoms with van der Waals surface area (Å²) >= 11 is 1.66. The van der Waals surface area contributed by atoms with Gasteiger partial charge in [-0.1, -0.05) is 30.5 Å². The Bertz CT molecular complexity index is 1160. The fraction of sp³-hybridized carbons (Fsp3) is 0.240. The molecule has 2 aliphatic heterocycles. The standard InChI is InChI=1S/C14H12N2O2S.C10H15NO2.CH2O/c1-7-2-10(15)9-3-8-4-12-13(18-6-17-12)5-11(8)16-14(9)19-7;1-5-6-9(11-3)7-8(2)10(12)13-4;1-2/h2-5,10H,6,15H2,1H3;5-7,11H,2H2,1,3-4H3;1H2/b;6-5-,9-7+;. The first-order valence-corrected chi connectivity index (χ1v) is 11.1. The number of nitrogens with two attached hydrogens (primary N) is 1. The van der Waals surface area contributed by atoms with Crippen LogP contribution in [0.3, 0.4) is 0 Å². The van der Waals surface area contributed by atoms with E-state index < -0.39 is 5.97 Å². The number of likely N-dealkylation sites (N-methyl/N-ethyl adjacent to an activating group) is 1. The Kier molecular flexibility index (Phi) is 9.91. The smallest absolute Gasteiger partial charge is 0.337 e. The first-order chi connectivity index (χ1) is 16.4. The first kappa shape index (κ1) is 26.7. The molecule has 3 heterocycles. The average molecular weight is 484 g/mol. The largest absolute Gasteiger partial charge is 0.465 e. The zero-order chi connectivity index (χ0) is 25.3. The molecule has 1 unspecified atom stereocenters. The number of rotatable bonds is 4. The second kappa shape index (κ2) is 12.6. The van der Waals surface area contributed by atoms with Gasteiger partial charge in [0.1, 0.15) is 11.8 Å². The van der Waals surface area contributed by atoms with Gasteiger partial charge in [-0.25, -0.2) is 9.78 Å². The SMILES string of the molecule is C=C(/C=C(\C=C/C)NC)C(=O)OC.C=O.CC1=CC(N)c2cc3cc4c(cc3nc2S1)OCO4. The fourth-order valence-corrected chi connectivity index (χ4v) is 4.15. The lowest BCUT2D eigenvalue weighted by atomic mass is 10.1. The number of allylic oxidation sites excluding steroid dienone is 3. The van der Waals surface area contributed by atoms with Gasteiger partial charge in [0.25, 0.3) is 0 Å². The molecule has 2 aromatic rings. The number of methoxy groups -OCH3 is 1. The number of pyridine rings is 1. The van der Waals surface area contributed by atoms with Crippen molar-refractivity contribution in [3.63, 3.8) is 0 Å². The van der Waals surface area contributed by atoms with Gasteiger partial charge in [-0.2, -0.15) is 0 Å². The highest BCUT2D eigenvalue weighted by Crippen LogP contribution is 2.41. The Balaban J connectivity index is 0.000000241. The van der Waals surface area contributed by atoms with Crippen LogP contribution in [0, 0.1) is 0 Å². The number of esters is 1. The molecule has 9 heteroatoms. The molecule has 4 rings (SSSR count). The van der Waals surface area contributed by atoms with E-state index in [1.807, 2.05) is 38.0 Å². The predicted octanol–water partition coefficient (Wildman–Crippen LogP) is 4.18. The Morgan fingerprint density at radius 2 is 1.97 bits per heavy atom. The summed E-state index contributed by atoms with van der Waals surface area (Å²) in [5.41, 5.74) is 9.28. The van der Waals surface area contributed by atoms with Crippen LogP contribution in [-0.2, 0) is 14.3 Å². The van der Waals surface area contributed by atoms with Gasteiger partial charge in [-0.15, -0.1) is 0 Å². The molecule has 0 saturated heterocycles. The van der Waals surface area contributed by atoms with E-state index in [-0.39, 0.29) is 12.8 Å². The topological polar surface area (TPSA) is 113 Å².